The summed E-state index contributed by atoms with van der Waals surface area (Å²) in [7, 11) is -3.54. The van der Waals surface area contributed by atoms with Crippen molar-refractivity contribution < 1.29 is 18.3 Å². The predicted octanol–water partition coefficient (Wildman–Crippen LogP) is 5.91. The second-order valence-corrected chi connectivity index (χ2v) is 12.0. The van der Waals surface area contributed by atoms with Crippen molar-refractivity contribution in [2.45, 2.75) is 94.3 Å². The van der Waals surface area contributed by atoms with Crippen molar-refractivity contribution in [3.63, 3.8) is 0 Å². The molecule has 0 aromatic heterocycles. The van der Waals surface area contributed by atoms with Crippen molar-refractivity contribution in [3.8, 4) is 0 Å². The molecule has 0 aliphatic heterocycles. The third-order valence-corrected chi connectivity index (χ3v) is 8.07. The van der Waals surface area contributed by atoms with Crippen molar-refractivity contribution in [1.82, 2.24) is 0 Å². The van der Waals surface area contributed by atoms with Gasteiger partial charge < -0.3 is 9.84 Å². The molecule has 0 fully saturated rings. The Kier molecular flexibility index (Phi) is 10.7. The number of hydrogen-bond donors (Lipinski definition) is 1. The maximum Gasteiger partial charge on any atom is 0.183 e. The fourth-order valence-electron chi connectivity index (χ4n) is 3.45. The van der Waals surface area contributed by atoms with Gasteiger partial charge in [-0.3, -0.25) is 0 Å². The maximum atomic E-state index is 13.0. The average Bonchev–Trinajstić information content (AvgIpc) is 2.59. The first-order valence-electron chi connectivity index (χ1n) is 10.3. The molecular formula is C22H37BrO4S. The molecule has 1 atom stereocenters. The van der Waals surface area contributed by atoms with Gasteiger partial charge in [-0.25, -0.2) is 8.42 Å². The van der Waals surface area contributed by atoms with Gasteiger partial charge in [0.05, 0.1) is 15.2 Å². The van der Waals surface area contributed by atoms with Crippen LogP contribution in [0.25, 0.3) is 0 Å². The van der Waals surface area contributed by atoms with Crippen molar-refractivity contribution >= 4 is 25.8 Å². The number of halogens is 1. The van der Waals surface area contributed by atoms with E-state index in [2.05, 4.69) is 22.9 Å². The van der Waals surface area contributed by atoms with E-state index in [-0.39, 0.29) is 6.42 Å². The van der Waals surface area contributed by atoms with Crippen molar-refractivity contribution in [3.05, 3.63) is 28.7 Å². The largest absolute Gasteiger partial charge is 0.390 e. The number of unbranched alkanes of at least 4 members (excludes halogenated alkanes) is 4. The molecule has 0 bridgehead atoms. The molecule has 0 amide bonds. The zero-order chi connectivity index (χ0) is 21.3. The SMILES string of the molecule is CCCCOCCCCCCC(C)(O)CC(C)(C)S(=O)(=O)c1ccc(Br)cc1. The Morgan fingerprint density at radius 2 is 1.54 bits per heavy atom. The van der Waals surface area contributed by atoms with Gasteiger partial charge in [0.2, 0.25) is 0 Å². The predicted molar refractivity (Wildman–Crippen MR) is 119 cm³/mol. The molecule has 162 valence electrons. The number of ether oxygens (including phenoxy) is 1. The zero-order valence-electron chi connectivity index (χ0n) is 17.8. The highest BCUT2D eigenvalue weighted by Gasteiger charge is 2.41. The number of hydrogen-bond acceptors (Lipinski definition) is 4. The Morgan fingerprint density at radius 1 is 0.964 bits per heavy atom. The zero-order valence-corrected chi connectivity index (χ0v) is 20.2. The van der Waals surface area contributed by atoms with Crippen LogP contribution in [0.2, 0.25) is 0 Å². The molecule has 4 nitrogen and oxygen atoms in total. The van der Waals surface area contributed by atoms with Gasteiger partial charge in [0.15, 0.2) is 9.84 Å². The lowest BCUT2D eigenvalue weighted by Crippen LogP contribution is -2.41. The van der Waals surface area contributed by atoms with Crippen LogP contribution in [0.5, 0.6) is 0 Å². The first-order valence-corrected chi connectivity index (χ1v) is 12.6. The van der Waals surface area contributed by atoms with E-state index in [0.29, 0.717) is 11.3 Å². The third kappa shape index (κ3) is 8.52. The fraction of sp³-hybridized carbons (Fsp3) is 0.727. The highest BCUT2D eigenvalue weighted by molar-refractivity contribution is 9.10. The number of aliphatic hydroxyl groups is 1. The van der Waals surface area contributed by atoms with Gasteiger partial charge in [-0.1, -0.05) is 48.5 Å². The van der Waals surface area contributed by atoms with E-state index in [9.17, 15) is 13.5 Å². The van der Waals surface area contributed by atoms with Crippen LogP contribution < -0.4 is 0 Å². The van der Waals surface area contributed by atoms with Gasteiger partial charge in [-0.2, -0.15) is 0 Å². The standard InChI is InChI=1S/C22H37BrO4S/c1-5-6-16-27-17-10-8-7-9-15-22(4,24)18-21(2,3)28(25,26)20-13-11-19(23)12-14-20/h11-14,24H,5-10,15-18H2,1-4H3. The summed E-state index contributed by atoms with van der Waals surface area (Å²) in [6.45, 7) is 8.95. The van der Waals surface area contributed by atoms with Crippen LogP contribution in [0.3, 0.4) is 0 Å². The summed E-state index contributed by atoms with van der Waals surface area (Å²) >= 11 is 3.33. The first-order chi connectivity index (χ1) is 13.0. The Hall–Kier alpha value is -0.430. The Labute approximate surface area is 180 Å². The molecule has 6 heteroatoms. The smallest absolute Gasteiger partial charge is 0.183 e. The molecule has 1 aromatic rings. The molecule has 1 unspecified atom stereocenters. The normalized spacial score (nSPS) is 14.8. The maximum absolute atomic E-state index is 13.0. The molecule has 1 aromatic carbocycles. The molecule has 0 aliphatic carbocycles. The Morgan fingerprint density at radius 3 is 2.14 bits per heavy atom. The van der Waals surface area contributed by atoms with Crippen LogP contribution in [-0.2, 0) is 14.6 Å². The average molecular weight is 478 g/mol. The highest BCUT2D eigenvalue weighted by Crippen LogP contribution is 2.35. The van der Waals surface area contributed by atoms with Gasteiger partial charge >= 0.3 is 0 Å². The summed E-state index contributed by atoms with van der Waals surface area (Å²) in [5, 5.41) is 10.8. The topological polar surface area (TPSA) is 63.6 Å². The molecule has 1 N–H and O–H groups in total. The van der Waals surface area contributed by atoms with Gasteiger partial charge in [0, 0.05) is 17.7 Å². The molecule has 0 aliphatic rings. The van der Waals surface area contributed by atoms with E-state index in [1.807, 2.05) is 0 Å². The first kappa shape index (κ1) is 25.6. The number of sulfone groups is 1. The fourth-order valence-corrected chi connectivity index (χ4v) is 5.34. The summed E-state index contributed by atoms with van der Waals surface area (Å²) in [6.07, 6.45) is 7.09. The molecule has 0 saturated heterocycles. The van der Waals surface area contributed by atoms with Crippen molar-refractivity contribution in [2.75, 3.05) is 13.2 Å². The van der Waals surface area contributed by atoms with Crippen molar-refractivity contribution in [2.24, 2.45) is 0 Å². The van der Waals surface area contributed by atoms with Crippen LogP contribution in [0.1, 0.15) is 79.1 Å². The molecule has 28 heavy (non-hydrogen) atoms. The van der Waals surface area contributed by atoms with Gasteiger partial charge in [-0.15, -0.1) is 0 Å². The molecular weight excluding hydrogens is 440 g/mol. The molecule has 0 saturated carbocycles. The Balaban J connectivity index is 2.47. The second-order valence-electron chi connectivity index (χ2n) is 8.52. The van der Waals surface area contributed by atoms with Gasteiger partial charge in [0.1, 0.15) is 0 Å². The summed E-state index contributed by atoms with van der Waals surface area (Å²) in [4.78, 5) is 0.291. The summed E-state index contributed by atoms with van der Waals surface area (Å²) in [5.41, 5.74) is -1.01. The lowest BCUT2D eigenvalue weighted by atomic mass is 9.88. The Bertz CT molecular complexity index is 666. The third-order valence-electron chi connectivity index (χ3n) is 5.05. The lowest BCUT2D eigenvalue weighted by molar-refractivity contribution is 0.0307. The summed E-state index contributed by atoms with van der Waals surface area (Å²) in [6, 6.07) is 6.68. The molecule has 0 spiro atoms. The van der Waals surface area contributed by atoms with Crippen LogP contribution in [0.15, 0.2) is 33.6 Å². The highest BCUT2D eigenvalue weighted by atomic mass is 79.9. The van der Waals surface area contributed by atoms with Gasteiger partial charge in [-0.05, 0) is 70.7 Å². The number of rotatable bonds is 14. The minimum Gasteiger partial charge on any atom is -0.390 e. The second kappa shape index (κ2) is 11.7. The van der Waals surface area contributed by atoms with E-state index in [0.717, 1.165) is 56.2 Å². The number of benzene rings is 1. The molecule has 0 heterocycles. The van der Waals surface area contributed by atoms with E-state index in [1.54, 1.807) is 45.0 Å². The lowest BCUT2D eigenvalue weighted by Gasteiger charge is -2.33. The van der Waals surface area contributed by atoms with Crippen molar-refractivity contribution in [1.29, 1.82) is 0 Å². The summed E-state index contributed by atoms with van der Waals surface area (Å²) < 4.78 is 31.4. The van der Waals surface area contributed by atoms with Crippen LogP contribution in [0.4, 0.5) is 0 Å². The van der Waals surface area contributed by atoms with Gasteiger partial charge in [0.25, 0.3) is 0 Å². The molecule has 0 radical (unpaired) electrons. The van der Waals surface area contributed by atoms with Crippen LogP contribution in [0, 0.1) is 0 Å². The minimum atomic E-state index is -3.54. The quantitative estimate of drug-likeness (QED) is 0.339. The van der Waals surface area contributed by atoms with Crippen LogP contribution >= 0.6 is 15.9 Å². The minimum absolute atomic E-state index is 0.207. The van der Waals surface area contributed by atoms with E-state index in [1.165, 1.54) is 0 Å². The molecule has 1 rings (SSSR count). The van der Waals surface area contributed by atoms with E-state index < -0.39 is 20.2 Å². The van der Waals surface area contributed by atoms with E-state index in [4.69, 9.17) is 4.74 Å². The van der Waals surface area contributed by atoms with E-state index >= 15 is 0 Å². The summed E-state index contributed by atoms with van der Waals surface area (Å²) in [5.74, 6) is 0. The monoisotopic (exact) mass is 476 g/mol. The van der Waals surface area contributed by atoms with Crippen LogP contribution in [-0.4, -0.2) is 37.1 Å².